The summed E-state index contributed by atoms with van der Waals surface area (Å²) in [6.07, 6.45) is 0. The Bertz CT molecular complexity index is 1160. The van der Waals surface area contributed by atoms with Crippen LogP contribution in [-0.4, -0.2) is 11.0 Å². The third-order valence-electron chi connectivity index (χ3n) is 4.50. The lowest BCUT2D eigenvalue weighted by Crippen LogP contribution is -2.34. The maximum absolute atomic E-state index is 12.6. The van der Waals surface area contributed by atoms with Crippen LogP contribution in [0, 0.1) is 0 Å². The van der Waals surface area contributed by atoms with Crippen molar-refractivity contribution in [3.8, 4) is 11.1 Å². The van der Waals surface area contributed by atoms with Gasteiger partial charge in [-0.3, -0.25) is 10.1 Å². The van der Waals surface area contributed by atoms with E-state index in [2.05, 4.69) is 10.6 Å². The highest BCUT2D eigenvalue weighted by molar-refractivity contribution is 7.80. The molecule has 0 heterocycles. The number of hydrogen-bond acceptors (Lipinski definition) is 2. The van der Waals surface area contributed by atoms with Gasteiger partial charge in [-0.05, 0) is 46.8 Å². The second kappa shape index (κ2) is 8.03. The molecular formula is C24H18N2OS. The molecule has 1 amide bonds. The molecular weight excluding hydrogens is 364 g/mol. The van der Waals surface area contributed by atoms with Gasteiger partial charge >= 0.3 is 0 Å². The van der Waals surface area contributed by atoms with Crippen LogP contribution in [-0.2, 0) is 0 Å². The summed E-state index contributed by atoms with van der Waals surface area (Å²) in [6.45, 7) is 0. The molecule has 136 valence electrons. The van der Waals surface area contributed by atoms with E-state index in [4.69, 9.17) is 12.2 Å². The molecule has 28 heavy (non-hydrogen) atoms. The van der Waals surface area contributed by atoms with Gasteiger partial charge < -0.3 is 5.32 Å². The molecule has 2 N–H and O–H groups in total. The van der Waals surface area contributed by atoms with Crippen molar-refractivity contribution in [1.82, 2.24) is 5.32 Å². The summed E-state index contributed by atoms with van der Waals surface area (Å²) in [5.41, 5.74) is 3.51. The largest absolute Gasteiger partial charge is 0.332 e. The molecule has 0 saturated heterocycles. The highest BCUT2D eigenvalue weighted by Crippen LogP contribution is 2.27. The van der Waals surface area contributed by atoms with Crippen molar-refractivity contribution in [3.63, 3.8) is 0 Å². The van der Waals surface area contributed by atoms with Gasteiger partial charge in [0.2, 0.25) is 0 Å². The Morgan fingerprint density at radius 2 is 1.39 bits per heavy atom. The van der Waals surface area contributed by atoms with Crippen LogP contribution in [0.2, 0.25) is 0 Å². The van der Waals surface area contributed by atoms with Gasteiger partial charge in [0.1, 0.15) is 0 Å². The van der Waals surface area contributed by atoms with Crippen molar-refractivity contribution in [2.45, 2.75) is 0 Å². The number of nitrogens with one attached hydrogen (secondary N) is 2. The molecule has 0 aliphatic heterocycles. The van der Waals surface area contributed by atoms with Crippen LogP contribution in [0.4, 0.5) is 5.69 Å². The lowest BCUT2D eigenvalue weighted by atomic mass is 10.0. The van der Waals surface area contributed by atoms with Gasteiger partial charge in [-0.2, -0.15) is 0 Å². The number of amides is 1. The zero-order chi connectivity index (χ0) is 19.3. The average molecular weight is 382 g/mol. The zero-order valence-electron chi connectivity index (χ0n) is 15.1. The minimum Gasteiger partial charge on any atom is -0.332 e. The zero-order valence-corrected chi connectivity index (χ0v) is 15.9. The van der Waals surface area contributed by atoms with Gasteiger partial charge in [-0.1, -0.05) is 78.9 Å². The maximum atomic E-state index is 12.6. The minimum atomic E-state index is -0.236. The molecule has 0 aliphatic rings. The number of anilines is 1. The number of hydrogen-bond donors (Lipinski definition) is 2. The van der Waals surface area contributed by atoms with Crippen molar-refractivity contribution in [1.29, 1.82) is 0 Å². The summed E-state index contributed by atoms with van der Waals surface area (Å²) in [6, 6.07) is 31.5. The number of benzene rings is 4. The Morgan fingerprint density at radius 3 is 2.21 bits per heavy atom. The van der Waals surface area contributed by atoms with E-state index >= 15 is 0 Å². The summed E-state index contributed by atoms with van der Waals surface area (Å²) >= 11 is 5.37. The standard InChI is InChI=1S/C24H18N2OS/c27-23(20-15-14-17-8-4-5-11-19(17)16-20)26-24(28)25-22-13-7-6-12-21(22)18-9-2-1-3-10-18/h1-16H,(H2,25,26,27,28). The highest BCUT2D eigenvalue weighted by Gasteiger charge is 2.11. The molecule has 0 fully saturated rings. The van der Waals surface area contributed by atoms with Gasteiger partial charge in [0, 0.05) is 16.8 Å². The smallest absolute Gasteiger partial charge is 0.257 e. The van der Waals surface area contributed by atoms with Crippen LogP contribution in [0.1, 0.15) is 10.4 Å². The fourth-order valence-electron chi connectivity index (χ4n) is 3.12. The fourth-order valence-corrected chi connectivity index (χ4v) is 3.32. The molecule has 0 radical (unpaired) electrons. The number of carbonyl (C=O) groups is 1. The van der Waals surface area contributed by atoms with Gasteiger partial charge in [0.15, 0.2) is 5.11 Å². The normalized spacial score (nSPS) is 10.4. The van der Waals surface area contributed by atoms with E-state index in [-0.39, 0.29) is 11.0 Å². The van der Waals surface area contributed by atoms with Crippen LogP contribution in [0.3, 0.4) is 0 Å². The summed E-state index contributed by atoms with van der Waals surface area (Å²) in [5, 5.41) is 8.29. The van der Waals surface area contributed by atoms with Crippen molar-refractivity contribution in [2.24, 2.45) is 0 Å². The average Bonchev–Trinajstić information content (AvgIpc) is 2.74. The van der Waals surface area contributed by atoms with Crippen LogP contribution < -0.4 is 10.6 Å². The Labute approximate surface area is 169 Å². The van der Waals surface area contributed by atoms with Crippen molar-refractivity contribution in [3.05, 3.63) is 103 Å². The molecule has 0 aromatic heterocycles. The van der Waals surface area contributed by atoms with Crippen LogP contribution in [0.25, 0.3) is 21.9 Å². The lowest BCUT2D eigenvalue weighted by Gasteiger charge is -2.14. The van der Waals surface area contributed by atoms with E-state index < -0.39 is 0 Å². The first-order chi connectivity index (χ1) is 13.7. The molecule has 0 atom stereocenters. The van der Waals surface area contributed by atoms with Gasteiger partial charge in [0.05, 0.1) is 0 Å². The Morgan fingerprint density at radius 1 is 0.714 bits per heavy atom. The molecule has 0 unspecified atom stereocenters. The van der Waals surface area contributed by atoms with E-state index in [0.717, 1.165) is 27.6 Å². The minimum absolute atomic E-state index is 0.236. The third kappa shape index (κ3) is 3.92. The van der Waals surface area contributed by atoms with Gasteiger partial charge in [-0.15, -0.1) is 0 Å². The quantitative estimate of drug-likeness (QED) is 0.451. The van der Waals surface area contributed by atoms with Crippen LogP contribution in [0.15, 0.2) is 97.1 Å². The van der Waals surface area contributed by atoms with E-state index in [0.29, 0.717) is 5.56 Å². The Hall–Kier alpha value is -3.50. The topological polar surface area (TPSA) is 41.1 Å². The Balaban J connectivity index is 1.51. The number of rotatable bonds is 3. The molecule has 0 saturated carbocycles. The second-order valence-electron chi connectivity index (χ2n) is 6.38. The first-order valence-corrected chi connectivity index (χ1v) is 9.37. The lowest BCUT2D eigenvalue weighted by molar-refractivity contribution is 0.0978. The van der Waals surface area contributed by atoms with Crippen molar-refractivity contribution < 1.29 is 4.79 Å². The summed E-state index contributed by atoms with van der Waals surface area (Å²) in [4.78, 5) is 12.6. The molecule has 4 aromatic carbocycles. The molecule has 0 aliphatic carbocycles. The molecule has 0 bridgehead atoms. The van der Waals surface area contributed by atoms with E-state index in [1.54, 1.807) is 6.07 Å². The highest BCUT2D eigenvalue weighted by atomic mass is 32.1. The predicted molar refractivity (Wildman–Crippen MR) is 120 cm³/mol. The fraction of sp³-hybridized carbons (Fsp3) is 0. The summed E-state index contributed by atoms with van der Waals surface area (Å²) < 4.78 is 0. The predicted octanol–water partition coefficient (Wildman–Crippen LogP) is 5.63. The first-order valence-electron chi connectivity index (χ1n) is 8.96. The van der Waals surface area contributed by atoms with Gasteiger partial charge in [-0.25, -0.2) is 0 Å². The maximum Gasteiger partial charge on any atom is 0.257 e. The molecule has 3 nitrogen and oxygen atoms in total. The monoisotopic (exact) mass is 382 g/mol. The van der Waals surface area contributed by atoms with Crippen molar-refractivity contribution in [2.75, 3.05) is 5.32 Å². The van der Waals surface area contributed by atoms with E-state index in [1.165, 1.54) is 0 Å². The Kier molecular flexibility index (Phi) is 5.13. The number of para-hydroxylation sites is 1. The number of fused-ring (bicyclic) bond motifs is 1. The third-order valence-corrected chi connectivity index (χ3v) is 4.70. The van der Waals surface area contributed by atoms with Gasteiger partial charge in [0.25, 0.3) is 5.91 Å². The number of thiocarbonyl (C=S) groups is 1. The molecule has 4 aromatic rings. The van der Waals surface area contributed by atoms with Crippen LogP contribution >= 0.6 is 12.2 Å². The first kappa shape index (κ1) is 17.9. The molecule has 4 rings (SSSR count). The SMILES string of the molecule is O=C(NC(=S)Nc1ccccc1-c1ccccc1)c1ccc2ccccc2c1. The van der Waals surface area contributed by atoms with Crippen molar-refractivity contribution >= 4 is 39.7 Å². The second-order valence-corrected chi connectivity index (χ2v) is 6.79. The number of carbonyl (C=O) groups excluding carboxylic acids is 1. The summed E-state index contributed by atoms with van der Waals surface area (Å²) in [5.74, 6) is -0.236. The van der Waals surface area contributed by atoms with E-state index in [9.17, 15) is 4.79 Å². The van der Waals surface area contributed by atoms with Crippen LogP contribution in [0.5, 0.6) is 0 Å². The molecule has 4 heteroatoms. The molecule has 0 spiro atoms. The van der Waals surface area contributed by atoms with E-state index in [1.807, 2.05) is 91.0 Å². The summed E-state index contributed by atoms with van der Waals surface area (Å²) in [7, 11) is 0.